The van der Waals surface area contributed by atoms with Crippen LogP contribution in [0.2, 0.25) is 0 Å². The van der Waals surface area contributed by atoms with E-state index in [0.717, 1.165) is 19.1 Å². The number of hydrogen-bond acceptors (Lipinski definition) is 2. The number of rotatable bonds is 8. The normalized spacial score (nSPS) is 16.2. The lowest BCUT2D eigenvalue weighted by atomic mass is 9.68. The van der Waals surface area contributed by atoms with Crippen molar-refractivity contribution in [3.05, 3.63) is 0 Å². The van der Waals surface area contributed by atoms with Crippen molar-refractivity contribution in [2.75, 3.05) is 0 Å². The van der Waals surface area contributed by atoms with Crippen molar-refractivity contribution in [3.8, 4) is 0 Å². The van der Waals surface area contributed by atoms with E-state index in [1.54, 1.807) is 0 Å². The average Bonchev–Trinajstić information content (AvgIpc) is 2.19. The Labute approximate surface area is 100 Å². The number of aliphatic hydroxyl groups is 1. The maximum Gasteiger partial charge on any atom is 0.128 e. The Balaban J connectivity index is 4.53. The lowest BCUT2D eigenvalue weighted by Crippen LogP contribution is -2.46. The van der Waals surface area contributed by atoms with Crippen molar-refractivity contribution < 1.29 is 9.90 Å². The quantitative estimate of drug-likeness (QED) is 0.645. The molecule has 0 amide bonds. The summed E-state index contributed by atoms with van der Waals surface area (Å²) in [5.74, 6) is 0.657. The van der Waals surface area contributed by atoms with E-state index in [-0.39, 0.29) is 0 Å². The third kappa shape index (κ3) is 3.58. The number of carbonyl (C=O) groups excluding carboxylic acids is 1. The highest BCUT2D eigenvalue weighted by Crippen LogP contribution is 2.39. The molecular formula is C14H28O2. The Hall–Kier alpha value is -0.370. The van der Waals surface area contributed by atoms with Crippen molar-refractivity contribution in [2.45, 2.75) is 72.3 Å². The lowest BCUT2D eigenvalue weighted by Gasteiger charge is -2.40. The fourth-order valence-corrected chi connectivity index (χ4v) is 2.41. The molecule has 0 rings (SSSR count). The zero-order chi connectivity index (χ0) is 12.8. The average molecular weight is 228 g/mol. The minimum absolute atomic E-state index is 0.565. The van der Waals surface area contributed by atoms with Crippen molar-refractivity contribution in [1.82, 2.24) is 0 Å². The minimum Gasteiger partial charge on any atom is -0.389 e. The third-order valence-corrected chi connectivity index (χ3v) is 4.01. The molecule has 1 unspecified atom stereocenters. The van der Waals surface area contributed by atoms with Gasteiger partial charge in [-0.3, -0.25) is 0 Å². The second-order valence-corrected chi connectivity index (χ2v) is 5.54. The molecule has 2 nitrogen and oxygen atoms in total. The van der Waals surface area contributed by atoms with Gasteiger partial charge in [-0.15, -0.1) is 0 Å². The predicted octanol–water partition coefficient (Wildman–Crippen LogP) is 3.57. The fourth-order valence-electron chi connectivity index (χ4n) is 2.41. The van der Waals surface area contributed by atoms with Crippen LogP contribution in [0.1, 0.15) is 66.7 Å². The monoisotopic (exact) mass is 228 g/mol. The van der Waals surface area contributed by atoms with Gasteiger partial charge in [-0.05, 0) is 32.1 Å². The van der Waals surface area contributed by atoms with E-state index in [1.807, 2.05) is 20.8 Å². The molecule has 0 aliphatic carbocycles. The van der Waals surface area contributed by atoms with Crippen LogP contribution < -0.4 is 0 Å². The van der Waals surface area contributed by atoms with Crippen LogP contribution in [0.3, 0.4) is 0 Å². The molecule has 0 saturated heterocycles. The van der Waals surface area contributed by atoms with Crippen molar-refractivity contribution >= 4 is 6.29 Å². The summed E-state index contributed by atoms with van der Waals surface area (Å²) in [4.78, 5) is 11.3. The first-order valence-corrected chi connectivity index (χ1v) is 6.54. The fraction of sp³-hybridized carbons (Fsp3) is 0.929. The van der Waals surface area contributed by atoms with Gasteiger partial charge in [0.2, 0.25) is 0 Å². The summed E-state index contributed by atoms with van der Waals surface area (Å²) >= 11 is 0. The van der Waals surface area contributed by atoms with E-state index >= 15 is 0 Å². The van der Waals surface area contributed by atoms with Gasteiger partial charge in [0.15, 0.2) is 0 Å². The van der Waals surface area contributed by atoms with Gasteiger partial charge in [0.1, 0.15) is 6.29 Å². The summed E-state index contributed by atoms with van der Waals surface area (Å²) in [6, 6.07) is 0. The molecule has 0 aliphatic rings. The minimum atomic E-state index is -0.868. The standard InChI is InChI=1S/C14H28O2/c1-6-14(7-2,11-15)13(5,16)10-8-9-12(3)4/h11-12,16H,6-10H2,1-5H3. The molecule has 16 heavy (non-hydrogen) atoms. The molecule has 0 aromatic carbocycles. The van der Waals surface area contributed by atoms with E-state index in [9.17, 15) is 9.90 Å². The molecule has 96 valence electrons. The topological polar surface area (TPSA) is 37.3 Å². The van der Waals surface area contributed by atoms with Crippen molar-refractivity contribution in [3.63, 3.8) is 0 Å². The van der Waals surface area contributed by atoms with Crippen LogP contribution >= 0.6 is 0 Å². The molecule has 0 aromatic rings. The van der Waals surface area contributed by atoms with E-state index in [0.29, 0.717) is 25.2 Å². The van der Waals surface area contributed by atoms with E-state index < -0.39 is 11.0 Å². The highest BCUT2D eigenvalue weighted by atomic mass is 16.3. The van der Waals surface area contributed by atoms with Crippen LogP contribution in [0.15, 0.2) is 0 Å². The first kappa shape index (κ1) is 15.6. The van der Waals surface area contributed by atoms with Crippen molar-refractivity contribution in [1.29, 1.82) is 0 Å². The zero-order valence-corrected chi connectivity index (χ0v) is 11.5. The second kappa shape index (κ2) is 6.39. The summed E-state index contributed by atoms with van der Waals surface area (Å²) < 4.78 is 0. The van der Waals surface area contributed by atoms with Crippen molar-refractivity contribution in [2.24, 2.45) is 11.3 Å². The molecule has 0 radical (unpaired) electrons. The van der Waals surface area contributed by atoms with Gasteiger partial charge < -0.3 is 9.90 Å². The lowest BCUT2D eigenvalue weighted by molar-refractivity contribution is -0.136. The summed E-state index contributed by atoms with van der Waals surface area (Å²) in [6.45, 7) is 10.1. The molecule has 0 aromatic heterocycles. The molecule has 1 atom stereocenters. The van der Waals surface area contributed by atoms with E-state index in [4.69, 9.17) is 0 Å². The van der Waals surface area contributed by atoms with E-state index in [1.165, 1.54) is 0 Å². The van der Waals surface area contributed by atoms with Crippen LogP contribution in [-0.4, -0.2) is 17.0 Å². The Kier molecular flexibility index (Phi) is 6.24. The maximum atomic E-state index is 11.3. The number of hydrogen-bond donors (Lipinski definition) is 1. The van der Waals surface area contributed by atoms with Gasteiger partial charge in [0.25, 0.3) is 0 Å². The molecule has 2 heteroatoms. The van der Waals surface area contributed by atoms with Crippen LogP contribution in [-0.2, 0) is 4.79 Å². The highest BCUT2D eigenvalue weighted by Gasteiger charge is 2.43. The highest BCUT2D eigenvalue weighted by molar-refractivity contribution is 5.61. The Morgan fingerprint density at radius 2 is 1.75 bits per heavy atom. The van der Waals surface area contributed by atoms with Gasteiger partial charge in [-0.1, -0.05) is 40.5 Å². The molecule has 1 N–H and O–H groups in total. The summed E-state index contributed by atoms with van der Waals surface area (Å²) in [7, 11) is 0. The molecule has 0 heterocycles. The molecule has 0 saturated carbocycles. The maximum absolute atomic E-state index is 11.3. The second-order valence-electron chi connectivity index (χ2n) is 5.54. The smallest absolute Gasteiger partial charge is 0.128 e. The number of aldehydes is 1. The molecule has 0 bridgehead atoms. The summed E-state index contributed by atoms with van der Waals surface area (Å²) in [6.07, 6.45) is 5.19. The van der Waals surface area contributed by atoms with Crippen LogP contribution in [0.5, 0.6) is 0 Å². The zero-order valence-electron chi connectivity index (χ0n) is 11.5. The van der Waals surface area contributed by atoms with Gasteiger partial charge >= 0.3 is 0 Å². The van der Waals surface area contributed by atoms with Gasteiger partial charge in [-0.25, -0.2) is 0 Å². The molecular weight excluding hydrogens is 200 g/mol. The van der Waals surface area contributed by atoms with Crippen LogP contribution in [0.25, 0.3) is 0 Å². The predicted molar refractivity (Wildman–Crippen MR) is 68.4 cm³/mol. The molecule has 0 spiro atoms. The largest absolute Gasteiger partial charge is 0.389 e. The van der Waals surface area contributed by atoms with Crippen LogP contribution in [0, 0.1) is 11.3 Å². The molecule has 0 fully saturated rings. The first-order chi connectivity index (χ1) is 7.35. The Morgan fingerprint density at radius 3 is 2.06 bits per heavy atom. The van der Waals surface area contributed by atoms with E-state index in [2.05, 4.69) is 13.8 Å². The van der Waals surface area contributed by atoms with Gasteiger partial charge in [0, 0.05) is 0 Å². The number of carbonyl (C=O) groups is 1. The van der Waals surface area contributed by atoms with Crippen LogP contribution in [0.4, 0.5) is 0 Å². The molecule has 0 aliphatic heterocycles. The first-order valence-electron chi connectivity index (χ1n) is 6.54. The van der Waals surface area contributed by atoms with Gasteiger partial charge in [0.05, 0.1) is 11.0 Å². The SMILES string of the molecule is CCC(C=O)(CC)C(C)(O)CCCC(C)C. The van der Waals surface area contributed by atoms with Gasteiger partial charge in [-0.2, -0.15) is 0 Å². The Bertz CT molecular complexity index is 203. The third-order valence-electron chi connectivity index (χ3n) is 4.01. The summed E-state index contributed by atoms with van der Waals surface area (Å²) in [5, 5.41) is 10.5. The summed E-state index contributed by atoms with van der Waals surface area (Å²) in [5.41, 5.74) is -1.43. The Morgan fingerprint density at radius 1 is 1.25 bits per heavy atom.